The van der Waals surface area contributed by atoms with E-state index in [1.54, 1.807) is 0 Å². The molecule has 3 rings (SSSR count). The minimum absolute atomic E-state index is 0.0905. The molecule has 0 aliphatic carbocycles. The van der Waals surface area contributed by atoms with E-state index in [4.69, 9.17) is 5.73 Å². The smallest absolute Gasteiger partial charge is 0.0949 e. The Balaban J connectivity index is 1.75. The van der Waals surface area contributed by atoms with E-state index in [0.717, 1.165) is 17.8 Å². The summed E-state index contributed by atoms with van der Waals surface area (Å²) >= 11 is 2.09. The van der Waals surface area contributed by atoms with Gasteiger partial charge < -0.3 is 10.3 Å². The fraction of sp³-hybridized carbons (Fsp3) is 0.438. The van der Waals surface area contributed by atoms with Crippen LogP contribution in [0.1, 0.15) is 36.6 Å². The van der Waals surface area contributed by atoms with Crippen LogP contribution in [0.3, 0.4) is 0 Å². The van der Waals surface area contributed by atoms with Gasteiger partial charge >= 0.3 is 0 Å². The minimum Gasteiger partial charge on any atom is -0.332 e. The van der Waals surface area contributed by atoms with Gasteiger partial charge in [-0.2, -0.15) is 11.8 Å². The quantitative estimate of drug-likeness (QED) is 0.939. The highest BCUT2D eigenvalue weighted by Gasteiger charge is 2.18. The Labute approximate surface area is 124 Å². The van der Waals surface area contributed by atoms with Crippen LogP contribution in [0.5, 0.6) is 0 Å². The normalized spacial score (nSPS) is 20.8. The van der Waals surface area contributed by atoms with Crippen molar-refractivity contribution in [2.24, 2.45) is 5.73 Å². The highest BCUT2D eigenvalue weighted by atomic mass is 32.2. The Bertz CT molecular complexity index is 532. The molecule has 2 heterocycles. The SMILES string of the molecule is NC(c1ccccc1)c1cncn1CC1CCCCS1. The topological polar surface area (TPSA) is 43.8 Å². The van der Waals surface area contributed by atoms with E-state index >= 15 is 0 Å². The maximum atomic E-state index is 6.40. The van der Waals surface area contributed by atoms with E-state index in [-0.39, 0.29) is 6.04 Å². The molecule has 1 fully saturated rings. The molecule has 2 N–H and O–H groups in total. The number of thioether (sulfide) groups is 1. The molecule has 4 heteroatoms. The molecule has 0 spiro atoms. The lowest BCUT2D eigenvalue weighted by Crippen LogP contribution is -2.22. The predicted molar refractivity (Wildman–Crippen MR) is 84.8 cm³/mol. The predicted octanol–water partition coefficient (Wildman–Crippen LogP) is 3.22. The first-order valence-corrected chi connectivity index (χ1v) is 8.31. The van der Waals surface area contributed by atoms with Gasteiger partial charge in [0.15, 0.2) is 0 Å². The van der Waals surface area contributed by atoms with Crippen molar-refractivity contribution in [2.45, 2.75) is 37.1 Å². The zero-order valence-electron chi connectivity index (χ0n) is 11.6. The van der Waals surface area contributed by atoms with Crippen LogP contribution in [-0.4, -0.2) is 20.6 Å². The molecule has 1 aliphatic heterocycles. The number of benzene rings is 1. The Morgan fingerprint density at radius 3 is 2.90 bits per heavy atom. The van der Waals surface area contributed by atoms with Crippen molar-refractivity contribution in [1.29, 1.82) is 0 Å². The number of hydrogen-bond acceptors (Lipinski definition) is 3. The number of aromatic nitrogens is 2. The van der Waals surface area contributed by atoms with Crippen molar-refractivity contribution in [3.8, 4) is 0 Å². The second-order valence-corrected chi connectivity index (χ2v) is 6.76. The van der Waals surface area contributed by atoms with Gasteiger partial charge in [-0.3, -0.25) is 0 Å². The molecular formula is C16H21N3S. The first kappa shape index (κ1) is 13.7. The lowest BCUT2D eigenvalue weighted by atomic mass is 10.1. The molecule has 0 saturated carbocycles. The van der Waals surface area contributed by atoms with Crippen LogP contribution in [0.25, 0.3) is 0 Å². The van der Waals surface area contributed by atoms with Crippen LogP contribution in [0, 0.1) is 0 Å². The van der Waals surface area contributed by atoms with Crippen molar-refractivity contribution >= 4 is 11.8 Å². The summed E-state index contributed by atoms with van der Waals surface area (Å²) in [4.78, 5) is 4.31. The highest BCUT2D eigenvalue weighted by molar-refractivity contribution is 7.99. The third kappa shape index (κ3) is 3.07. The third-order valence-electron chi connectivity index (χ3n) is 3.90. The largest absolute Gasteiger partial charge is 0.332 e. The summed E-state index contributed by atoms with van der Waals surface area (Å²) in [5.74, 6) is 1.29. The van der Waals surface area contributed by atoms with Crippen LogP contribution in [0.15, 0.2) is 42.9 Å². The lowest BCUT2D eigenvalue weighted by Gasteiger charge is -2.23. The number of hydrogen-bond donors (Lipinski definition) is 1. The van der Waals surface area contributed by atoms with E-state index in [1.165, 1.54) is 25.0 Å². The molecule has 106 valence electrons. The van der Waals surface area contributed by atoms with Crippen LogP contribution < -0.4 is 5.73 Å². The number of imidazole rings is 1. The summed E-state index contributed by atoms with van der Waals surface area (Å²) in [5, 5.41) is 0.708. The Morgan fingerprint density at radius 1 is 1.30 bits per heavy atom. The molecule has 0 bridgehead atoms. The molecule has 1 aliphatic rings. The molecule has 0 amide bonds. The van der Waals surface area contributed by atoms with Gasteiger partial charge in [0.2, 0.25) is 0 Å². The van der Waals surface area contributed by atoms with Crippen molar-refractivity contribution in [2.75, 3.05) is 5.75 Å². The maximum Gasteiger partial charge on any atom is 0.0949 e. The first-order valence-electron chi connectivity index (χ1n) is 7.27. The average Bonchev–Trinajstić information content (AvgIpc) is 2.96. The molecule has 1 saturated heterocycles. The van der Waals surface area contributed by atoms with E-state index in [9.17, 15) is 0 Å². The molecule has 1 aromatic carbocycles. The maximum absolute atomic E-state index is 6.40. The lowest BCUT2D eigenvalue weighted by molar-refractivity contribution is 0.561. The Kier molecular flexibility index (Phi) is 4.43. The second-order valence-electron chi connectivity index (χ2n) is 5.35. The van der Waals surface area contributed by atoms with Crippen molar-refractivity contribution in [3.63, 3.8) is 0 Å². The van der Waals surface area contributed by atoms with Gasteiger partial charge in [0.1, 0.15) is 0 Å². The van der Waals surface area contributed by atoms with Gasteiger partial charge in [-0.05, 0) is 24.2 Å². The Hall–Kier alpha value is -1.26. The van der Waals surface area contributed by atoms with E-state index in [2.05, 4.69) is 33.4 Å². The van der Waals surface area contributed by atoms with Crippen molar-refractivity contribution in [3.05, 3.63) is 54.1 Å². The standard InChI is InChI=1S/C16H21N3S/c17-16(13-6-2-1-3-7-13)15-10-18-12-19(15)11-14-8-4-5-9-20-14/h1-3,6-7,10,12,14,16H,4-5,8-9,11,17H2. The summed E-state index contributed by atoms with van der Waals surface area (Å²) in [6.07, 6.45) is 7.86. The van der Waals surface area contributed by atoms with Crippen LogP contribution in [0.2, 0.25) is 0 Å². The second kappa shape index (κ2) is 6.46. The fourth-order valence-electron chi connectivity index (χ4n) is 2.74. The highest BCUT2D eigenvalue weighted by Crippen LogP contribution is 2.28. The summed E-state index contributed by atoms with van der Waals surface area (Å²) in [5.41, 5.74) is 8.66. The van der Waals surface area contributed by atoms with Gasteiger partial charge in [0.25, 0.3) is 0 Å². The number of rotatable bonds is 4. The van der Waals surface area contributed by atoms with Gasteiger partial charge in [-0.15, -0.1) is 0 Å². The molecule has 20 heavy (non-hydrogen) atoms. The van der Waals surface area contributed by atoms with Gasteiger partial charge in [-0.25, -0.2) is 4.98 Å². The number of nitrogens with zero attached hydrogens (tertiary/aromatic N) is 2. The first-order chi connectivity index (χ1) is 9.84. The zero-order valence-corrected chi connectivity index (χ0v) is 12.4. The summed E-state index contributed by atoms with van der Waals surface area (Å²) < 4.78 is 2.24. The number of nitrogens with two attached hydrogens (primary N) is 1. The minimum atomic E-state index is -0.0905. The summed E-state index contributed by atoms with van der Waals surface area (Å²) in [6.45, 7) is 1.03. The Morgan fingerprint density at radius 2 is 2.15 bits per heavy atom. The molecule has 3 nitrogen and oxygen atoms in total. The summed E-state index contributed by atoms with van der Waals surface area (Å²) in [6, 6.07) is 10.2. The van der Waals surface area contributed by atoms with Gasteiger partial charge in [0, 0.05) is 11.8 Å². The zero-order chi connectivity index (χ0) is 13.8. The molecule has 0 radical (unpaired) electrons. The molecule has 1 aromatic heterocycles. The molecule has 2 unspecified atom stereocenters. The van der Waals surface area contributed by atoms with Crippen LogP contribution >= 0.6 is 11.8 Å². The third-order valence-corrected chi connectivity index (χ3v) is 5.28. The average molecular weight is 287 g/mol. The molecular weight excluding hydrogens is 266 g/mol. The van der Waals surface area contributed by atoms with Gasteiger partial charge in [-0.1, -0.05) is 36.8 Å². The van der Waals surface area contributed by atoms with E-state index < -0.39 is 0 Å². The van der Waals surface area contributed by atoms with Gasteiger partial charge in [0.05, 0.1) is 24.3 Å². The van der Waals surface area contributed by atoms with Crippen LogP contribution in [-0.2, 0) is 6.54 Å². The van der Waals surface area contributed by atoms with E-state index in [1.807, 2.05) is 30.7 Å². The molecule has 2 atom stereocenters. The molecule has 2 aromatic rings. The van der Waals surface area contributed by atoms with Crippen molar-refractivity contribution in [1.82, 2.24) is 9.55 Å². The van der Waals surface area contributed by atoms with Crippen molar-refractivity contribution < 1.29 is 0 Å². The van der Waals surface area contributed by atoms with E-state index in [0.29, 0.717) is 5.25 Å². The monoisotopic (exact) mass is 287 g/mol. The fourth-order valence-corrected chi connectivity index (χ4v) is 4.05. The van der Waals surface area contributed by atoms with Crippen LogP contribution in [0.4, 0.5) is 0 Å². The summed E-state index contributed by atoms with van der Waals surface area (Å²) in [7, 11) is 0.